The van der Waals surface area contributed by atoms with Gasteiger partial charge >= 0.3 is 0 Å². The molecule has 3 aromatic rings. The van der Waals surface area contributed by atoms with E-state index in [0.717, 1.165) is 27.6 Å². The summed E-state index contributed by atoms with van der Waals surface area (Å²) in [7, 11) is 1.85. The van der Waals surface area contributed by atoms with Crippen LogP contribution in [0.25, 0.3) is 10.6 Å². The van der Waals surface area contributed by atoms with Gasteiger partial charge in [0.2, 0.25) is 0 Å². The highest BCUT2D eigenvalue weighted by atomic mass is 35.5. The Labute approximate surface area is 142 Å². The SMILES string of the molecule is Cc1nn(C)c(C)c1NC(=O)c1csc(-c2ccc(Cl)cc2)n1. The minimum atomic E-state index is -0.235. The van der Waals surface area contributed by atoms with Gasteiger partial charge < -0.3 is 5.32 Å². The quantitative estimate of drug-likeness (QED) is 0.777. The maximum Gasteiger partial charge on any atom is 0.275 e. The summed E-state index contributed by atoms with van der Waals surface area (Å²) in [4.78, 5) is 16.8. The summed E-state index contributed by atoms with van der Waals surface area (Å²) in [6.45, 7) is 3.78. The van der Waals surface area contributed by atoms with Crippen molar-refractivity contribution in [2.75, 3.05) is 5.32 Å². The molecule has 0 aliphatic rings. The average molecular weight is 347 g/mol. The maximum absolute atomic E-state index is 12.4. The number of anilines is 1. The van der Waals surface area contributed by atoms with Crippen molar-refractivity contribution in [1.82, 2.24) is 14.8 Å². The molecule has 1 aromatic carbocycles. The van der Waals surface area contributed by atoms with Crippen LogP contribution in [0.1, 0.15) is 21.9 Å². The molecule has 3 rings (SSSR count). The second-order valence-corrected chi connectivity index (χ2v) is 6.46. The highest BCUT2D eigenvalue weighted by Crippen LogP contribution is 2.26. The van der Waals surface area contributed by atoms with Gasteiger partial charge in [-0.25, -0.2) is 4.98 Å². The van der Waals surface area contributed by atoms with Crippen molar-refractivity contribution >= 4 is 34.5 Å². The molecule has 0 atom stereocenters. The molecule has 0 aliphatic carbocycles. The molecule has 2 heterocycles. The zero-order valence-corrected chi connectivity index (χ0v) is 14.5. The molecule has 0 radical (unpaired) electrons. The number of rotatable bonds is 3. The molecule has 1 amide bonds. The molecule has 118 valence electrons. The summed E-state index contributed by atoms with van der Waals surface area (Å²) >= 11 is 7.31. The topological polar surface area (TPSA) is 59.8 Å². The lowest BCUT2D eigenvalue weighted by Gasteiger charge is -2.03. The number of halogens is 1. The second-order valence-electron chi connectivity index (χ2n) is 5.17. The van der Waals surface area contributed by atoms with Gasteiger partial charge in [-0.3, -0.25) is 9.48 Å². The van der Waals surface area contributed by atoms with Crippen LogP contribution in [0.5, 0.6) is 0 Å². The van der Waals surface area contributed by atoms with Crippen molar-refractivity contribution in [2.45, 2.75) is 13.8 Å². The monoisotopic (exact) mass is 346 g/mol. The van der Waals surface area contributed by atoms with Gasteiger partial charge in [-0.15, -0.1) is 11.3 Å². The van der Waals surface area contributed by atoms with Gasteiger partial charge in [-0.1, -0.05) is 23.7 Å². The molecule has 0 fully saturated rings. The molecule has 0 aliphatic heterocycles. The molecule has 7 heteroatoms. The molecule has 0 spiro atoms. The van der Waals surface area contributed by atoms with Gasteiger partial charge in [0.05, 0.1) is 17.1 Å². The number of thiazole rings is 1. The first-order valence-corrected chi connectivity index (χ1v) is 8.24. The predicted octanol–water partition coefficient (Wildman–Crippen LogP) is 4.07. The van der Waals surface area contributed by atoms with Crippen LogP contribution in [0, 0.1) is 13.8 Å². The fourth-order valence-corrected chi connectivity index (χ4v) is 3.17. The summed E-state index contributed by atoms with van der Waals surface area (Å²) in [5.74, 6) is -0.235. The highest BCUT2D eigenvalue weighted by molar-refractivity contribution is 7.13. The summed E-state index contributed by atoms with van der Waals surface area (Å²) in [5, 5.41) is 10.4. The Balaban J connectivity index is 1.82. The van der Waals surface area contributed by atoms with Gasteiger partial charge in [0.25, 0.3) is 5.91 Å². The van der Waals surface area contributed by atoms with E-state index in [4.69, 9.17) is 11.6 Å². The van der Waals surface area contributed by atoms with E-state index < -0.39 is 0 Å². The number of carbonyl (C=O) groups is 1. The van der Waals surface area contributed by atoms with Crippen molar-refractivity contribution in [3.05, 3.63) is 51.7 Å². The Bertz CT molecular complexity index is 867. The van der Waals surface area contributed by atoms with E-state index in [-0.39, 0.29) is 5.91 Å². The lowest BCUT2D eigenvalue weighted by atomic mass is 10.2. The summed E-state index contributed by atoms with van der Waals surface area (Å²) < 4.78 is 1.74. The number of benzene rings is 1. The number of aromatic nitrogens is 3. The van der Waals surface area contributed by atoms with Gasteiger partial charge in [0, 0.05) is 23.0 Å². The lowest BCUT2D eigenvalue weighted by Crippen LogP contribution is -2.13. The second kappa shape index (κ2) is 6.14. The van der Waals surface area contributed by atoms with Gasteiger partial charge in [0.15, 0.2) is 0 Å². The Kier molecular flexibility index (Phi) is 4.19. The summed E-state index contributed by atoms with van der Waals surface area (Å²) in [5.41, 5.74) is 3.75. The van der Waals surface area contributed by atoms with Crippen LogP contribution in [0.2, 0.25) is 5.02 Å². The number of nitrogens with one attached hydrogen (secondary N) is 1. The molecule has 5 nitrogen and oxygen atoms in total. The lowest BCUT2D eigenvalue weighted by molar-refractivity contribution is 0.102. The molecule has 0 unspecified atom stereocenters. The van der Waals surface area contributed by atoms with Gasteiger partial charge in [0.1, 0.15) is 10.7 Å². The molecular weight excluding hydrogens is 332 g/mol. The normalized spacial score (nSPS) is 10.8. The molecule has 0 saturated carbocycles. The number of carbonyl (C=O) groups excluding carboxylic acids is 1. The fraction of sp³-hybridized carbons (Fsp3) is 0.188. The van der Waals surface area contributed by atoms with Crippen LogP contribution in [0.3, 0.4) is 0 Å². The number of hydrogen-bond acceptors (Lipinski definition) is 4. The average Bonchev–Trinajstić information content (AvgIpc) is 3.09. The third kappa shape index (κ3) is 3.13. The Morgan fingerprint density at radius 3 is 2.57 bits per heavy atom. The summed E-state index contributed by atoms with van der Waals surface area (Å²) in [6.07, 6.45) is 0. The van der Waals surface area contributed by atoms with Crippen LogP contribution in [-0.4, -0.2) is 20.7 Å². The van der Waals surface area contributed by atoms with E-state index in [1.807, 2.05) is 33.0 Å². The molecule has 0 bridgehead atoms. The molecule has 2 aromatic heterocycles. The van der Waals surface area contributed by atoms with Crippen LogP contribution in [0.15, 0.2) is 29.6 Å². The maximum atomic E-state index is 12.4. The Hall–Kier alpha value is -2.18. The van der Waals surface area contributed by atoms with Crippen molar-refractivity contribution in [1.29, 1.82) is 0 Å². The van der Waals surface area contributed by atoms with E-state index in [9.17, 15) is 4.79 Å². The van der Waals surface area contributed by atoms with E-state index in [1.165, 1.54) is 11.3 Å². The fourth-order valence-electron chi connectivity index (χ4n) is 2.24. The number of amides is 1. The van der Waals surface area contributed by atoms with Crippen LogP contribution in [0.4, 0.5) is 5.69 Å². The van der Waals surface area contributed by atoms with Crippen molar-refractivity contribution in [3.63, 3.8) is 0 Å². The van der Waals surface area contributed by atoms with E-state index in [2.05, 4.69) is 15.4 Å². The standard InChI is InChI=1S/C16H15ClN4OS/c1-9-14(10(2)21(3)20-9)19-15(22)13-8-23-16(18-13)11-4-6-12(17)7-5-11/h4-8H,1-3H3,(H,19,22). The zero-order chi connectivity index (χ0) is 16.6. The van der Waals surface area contributed by atoms with E-state index >= 15 is 0 Å². The third-order valence-corrected chi connectivity index (χ3v) is 4.72. The number of hydrogen-bond donors (Lipinski definition) is 1. The smallest absolute Gasteiger partial charge is 0.275 e. The highest BCUT2D eigenvalue weighted by Gasteiger charge is 2.16. The first-order valence-electron chi connectivity index (χ1n) is 6.98. The Morgan fingerprint density at radius 1 is 1.26 bits per heavy atom. The van der Waals surface area contributed by atoms with Crippen molar-refractivity contribution in [2.24, 2.45) is 7.05 Å². The third-order valence-electron chi connectivity index (χ3n) is 3.58. The molecular formula is C16H15ClN4OS. The molecule has 23 heavy (non-hydrogen) atoms. The minimum absolute atomic E-state index is 0.235. The van der Waals surface area contributed by atoms with Gasteiger partial charge in [-0.05, 0) is 26.0 Å². The van der Waals surface area contributed by atoms with Crippen LogP contribution < -0.4 is 5.32 Å². The van der Waals surface area contributed by atoms with Crippen molar-refractivity contribution in [3.8, 4) is 10.6 Å². The number of aryl methyl sites for hydroxylation is 2. The van der Waals surface area contributed by atoms with E-state index in [0.29, 0.717) is 10.7 Å². The van der Waals surface area contributed by atoms with Gasteiger partial charge in [-0.2, -0.15) is 5.10 Å². The molecule has 0 saturated heterocycles. The summed E-state index contributed by atoms with van der Waals surface area (Å²) in [6, 6.07) is 7.39. The number of nitrogens with zero attached hydrogens (tertiary/aromatic N) is 3. The minimum Gasteiger partial charge on any atom is -0.317 e. The van der Waals surface area contributed by atoms with Crippen LogP contribution >= 0.6 is 22.9 Å². The van der Waals surface area contributed by atoms with Crippen LogP contribution in [-0.2, 0) is 7.05 Å². The first kappa shape index (κ1) is 15.7. The zero-order valence-electron chi connectivity index (χ0n) is 12.9. The molecule has 1 N–H and O–H groups in total. The van der Waals surface area contributed by atoms with Crippen molar-refractivity contribution < 1.29 is 4.79 Å². The van der Waals surface area contributed by atoms with E-state index in [1.54, 1.807) is 22.2 Å². The predicted molar refractivity (Wildman–Crippen MR) is 93.2 cm³/mol. The largest absolute Gasteiger partial charge is 0.317 e. The Morgan fingerprint density at radius 2 is 1.96 bits per heavy atom. The first-order chi connectivity index (χ1) is 11.0.